The summed E-state index contributed by atoms with van der Waals surface area (Å²) in [5.74, 6) is 1.71. The third kappa shape index (κ3) is 3.99. The summed E-state index contributed by atoms with van der Waals surface area (Å²) in [6, 6.07) is 16.9. The minimum absolute atomic E-state index is 0.592. The summed E-state index contributed by atoms with van der Waals surface area (Å²) >= 11 is 0. The van der Waals surface area contributed by atoms with E-state index in [0.29, 0.717) is 6.61 Å². The summed E-state index contributed by atoms with van der Waals surface area (Å²) in [5, 5.41) is 3.55. The Morgan fingerprint density at radius 2 is 1.62 bits per heavy atom. The highest BCUT2D eigenvalue weighted by Crippen LogP contribution is 2.21. The summed E-state index contributed by atoms with van der Waals surface area (Å²) in [7, 11) is 1.67. The lowest BCUT2D eigenvalue weighted by Gasteiger charge is -2.12. The molecule has 2 aromatic rings. The first-order valence-electron chi connectivity index (χ1n) is 7.42. The molecule has 0 radical (unpaired) electrons. The Balaban J connectivity index is 1.60. The Labute approximate surface area is 125 Å². The molecule has 21 heavy (non-hydrogen) atoms. The normalized spacial score (nSPS) is 14.0. The van der Waals surface area contributed by atoms with E-state index in [2.05, 4.69) is 29.6 Å². The molecule has 0 amide bonds. The third-order valence-corrected chi connectivity index (χ3v) is 3.73. The van der Waals surface area contributed by atoms with Gasteiger partial charge in [0.05, 0.1) is 7.11 Å². The summed E-state index contributed by atoms with van der Waals surface area (Å²) in [6.07, 6.45) is 2.62. The van der Waals surface area contributed by atoms with E-state index in [0.717, 1.165) is 24.1 Å². The highest BCUT2D eigenvalue weighted by molar-refractivity contribution is 5.32. The van der Waals surface area contributed by atoms with Crippen LogP contribution in [-0.2, 0) is 13.2 Å². The molecule has 3 heteroatoms. The molecule has 2 aromatic carbocycles. The van der Waals surface area contributed by atoms with Crippen molar-refractivity contribution in [2.24, 2.45) is 0 Å². The molecule has 0 spiro atoms. The van der Waals surface area contributed by atoms with Gasteiger partial charge in [0, 0.05) is 12.6 Å². The van der Waals surface area contributed by atoms with Crippen molar-refractivity contribution >= 4 is 0 Å². The van der Waals surface area contributed by atoms with Gasteiger partial charge in [-0.15, -0.1) is 0 Å². The second-order valence-corrected chi connectivity index (χ2v) is 5.39. The fourth-order valence-electron chi connectivity index (χ4n) is 2.25. The Morgan fingerprint density at radius 1 is 0.952 bits per heavy atom. The smallest absolute Gasteiger partial charge is 0.120 e. The van der Waals surface area contributed by atoms with Gasteiger partial charge in [-0.3, -0.25) is 0 Å². The molecule has 1 N–H and O–H groups in total. The van der Waals surface area contributed by atoms with Gasteiger partial charge in [0.15, 0.2) is 0 Å². The number of hydrogen-bond donors (Lipinski definition) is 1. The number of nitrogens with one attached hydrogen (secondary N) is 1. The number of hydrogen-bond acceptors (Lipinski definition) is 3. The van der Waals surface area contributed by atoms with Crippen LogP contribution in [0.5, 0.6) is 11.5 Å². The van der Waals surface area contributed by atoms with Crippen molar-refractivity contribution in [1.29, 1.82) is 0 Å². The maximum absolute atomic E-state index is 5.87. The maximum atomic E-state index is 5.87. The second kappa shape index (κ2) is 6.64. The van der Waals surface area contributed by atoms with Gasteiger partial charge in [0.25, 0.3) is 0 Å². The number of benzene rings is 2. The van der Waals surface area contributed by atoms with E-state index in [9.17, 15) is 0 Å². The first-order valence-corrected chi connectivity index (χ1v) is 7.42. The molecule has 3 nitrogen and oxygen atoms in total. The molecule has 1 aliphatic carbocycles. The van der Waals surface area contributed by atoms with Crippen LogP contribution in [0.4, 0.5) is 0 Å². The average Bonchev–Trinajstić information content (AvgIpc) is 3.36. The van der Waals surface area contributed by atoms with Crippen molar-refractivity contribution in [3.05, 3.63) is 59.7 Å². The van der Waals surface area contributed by atoms with Crippen LogP contribution in [0.2, 0.25) is 0 Å². The van der Waals surface area contributed by atoms with Crippen LogP contribution in [0.1, 0.15) is 24.0 Å². The Morgan fingerprint density at radius 3 is 2.29 bits per heavy atom. The first-order chi connectivity index (χ1) is 10.3. The minimum Gasteiger partial charge on any atom is -0.497 e. The fourth-order valence-corrected chi connectivity index (χ4v) is 2.25. The second-order valence-electron chi connectivity index (χ2n) is 5.39. The number of methoxy groups -OCH3 is 1. The van der Waals surface area contributed by atoms with Crippen LogP contribution in [0.25, 0.3) is 0 Å². The summed E-state index contributed by atoms with van der Waals surface area (Å²) < 4.78 is 11.0. The molecule has 0 heterocycles. The van der Waals surface area contributed by atoms with Crippen LogP contribution < -0.4 is 14.8 Å². The number of rotatable bonds is 7. The van der Waals surface area contributed by atoms with Crippen LogP contribution in [0, 0.1) is 0 Å². The largest absolute Gasteiger partial charge is 0.497 e. The zero-order valence-electron chi connectivity index (χ0n) is 12.3. The molecule has 0 unspecified atom stereocenters. The van der Waals surface area contributed by atoms with Crippen molar-refractivity contribution in [2.75, 3.05) is 7.11 Å². The molecule has 0 bridgehead atoms. The Bertz CT molecular complexity index is 576. The third-order valence-electron chi connectivity index (χ3n) is 3.73. The van der Waals surface area contributed by atoms with E-state index in [1.54, 1.807) is 7.11 Å². The van der Waals surface area contributed by atoms with E-state index in [-0.39, 0.29) is 0 Å². The van der Waals surface area contributed by atoms with Crippen molar-refractivity contribution in [3.8, 4) is 11.5 Å². The van der Waals surface area contributed by atoms with Gasteiger partial charge in [0.2, 0.25) is 0 Å². The van der Waals surface area contributed by atoms with E-state index in [1.807, 2.05) is 24.3 Å². The van der Waals surface area contributed by atoms with E-state index in [4.69, 9.17) is 9.47 Å². The lowest BCUT2D eigenvalue weighted by Crippen LogP contribution is -2.16. The molecule has 0 atom stereocenters. The molecular weight excluding hydrogens is 262 g/mol. The summed E-state index contributed by atoms with van der Waals surface area (Å²) in [5.41, 5.74) is 2.55. The maximum Gasteiger partial charge on any atom is 0.120 e. The van der Waals surface area contributed by atoms with Gasteiger partial charge in [0.1, 0.15) is 18.1 Å². The topological polar surface area (TPSA) is 30.5 Å². The van der Waals surface area contributed by atoms with Crippen LogP contribution in [0.15, 0.2) is 48.5 Å². The molecule has 3 rings (SSSR count). The summed E-state index contributed by atoms with van der Waals surface area (Å²) in [6.45, 7) is 1.52. The van der Waals surface area contributed by atoms with E-state index < -0.39 is 0 Å². The van der Waals surface area contributed by atoms with Crippen molar-refractivity contribution in [1.82, 2.24) is 5.32 Å². The first kappa shape index (κ1) is 14.0. The van der Waals surface area contributed by atoms with Gasteiger partial charge >= 0.3 is 0 Å². The van der Waals surface area contributed by atoms with Crippen molar-refractivity contribution in [3.63, 3.8) is 0 Å². The van der Waals surface area contributed by atoms with Gasteiger partial charge in [-0.05, 0) is 48.2 Å². The molecule has 0 aliphatic heterocycles. The highest BCUT2D eigenvalue weighted by Gasteiger charge is 2.20. The van der Waals surface area contributed by atoms with Crippen molar-refractivity contribution < 1.29 is 9.47 Å². The zero-order chi connectivity index (χ0) is 14.5. The zero-order valence-corrected chi connectivity index (χ0v) is 12.3. The number of ether oxygens (including phenoxy) is 2. The van der Waals surface area contributed by atoms with Gasteiger partial charge in [-0.25, -0.2) is 0 Å². The molecule has 0 aromatic heterocycles. The Hall–Kier alpha value is -2.00. The van der Waals surface area contributed by atoms with Crippen molar-refractivity contribution in [2.45, 2.75) is 32.0 Å². The lowest BCUT2D eigenvalue weighted by atomic mass is 10.1. The minimum atomic E-state index is 0.592. The molecule has 110 valence electrons. The molecule has 1 saturated carbocycles. The van der Waals surface area contributed by atoms with Crippen LogP contribution in [0.3, 0.4) is 0 Å². The SMILES string of the molecule is COc1ccc(OCc2ccccc2CNC2CC2)cc1. The predicted octanol–water partition coefficient (Wildman–Crippen LogP) is 3.53. The average molecular weight is 283 g/mol. The molecule has 0 saturated heterocycles. The fraction of sp³-hybridized carbons (Fsp3) is 0.333. The highest BCUT2D eigenvalue weighted by atomic mass is 16.5. The standard InChI is InChI=1S/C18H21NO2/c1-20-17-8-10-18(11-9-17)21-13-15-5-3-2-4-14(15)12-19-16-6-7-16/h2-5,8-11,16,19H,6-7,12-13H2,1H3. The monoisotopic (exact) mass is 283 g/mol. The Kier molecular flexibility index (Phi) is 4.41. The van der Waals surface area contributed by atoms with Gasteiger partial charge < -0.3 is 14.8 Å². The lowest BCUT2D eigenvalue weighted by molar-refractivity contribution is 0.304. The van der Waals surface area contributed by atoms with Gasteiger partial charge in [-0.1, -0.05) is 24.3 Å². The molecule has 1 fully saturated rings. The quantitative estimate of drug-likeness (QED) is 0.843. The van der Waals surface area contributed by atoms with Crippen LogP contribution >= 0.6 is 0 Å². The van der Waals surface area contributed by atoms with E-state index >= 15 is 0 Å². The van der Waals surface area contributed by atoms with Gasteiger partial charge in [-0.2, -0.15) is 0 Å². The predicted molar refractivity (Wildman–Crippen MR) is 83.6 cm³/mol. The van der Waals surface area contributed by atoms with Crippen LogP contribution in [-0.4, -0.2) is 13.2 Å². The molecular formula is C18H21NO2. The van der Waals surface area contributed by atoms with E-state index in [1.165, 1.54) is 24.0 Å². The summed E-state index contributed by atoms with van der Waals surface area (Å²) in [4.78, 5) is 0. The molecule has 1 aliphatic rings.